The fourth-order valence-electron chi connectivity index (χ4n) is 2.38. The Hall–Kier alpha value is -2.69. The Morgan fingerprint density at radius 1 is 1.14 bits per heavy atom. The molecular weight excluding hydrogens is 278 g/mol. The average Bonchev–Trinajstić information content (AvgIpc) is 2.55. The summed E-state index contributed by atoms with van der Waals surface area (Å²) in [5, 5.41) is 5.11. The Morgan fingerprint density at radius 2 is 1.86 bits per heavy atom. The van der Waals surface area contributed by atoms with Crippen LogP contribution in [-0.2, 0) is 0 Å². The van der Waals surface area contributed by atoms with E-state index in [0.29, 0.717) is 16.6 Å². The molecule has 0 unspecified atom stereocenters. The fraction of sp³-hybridized carbons (Fsp3) is 0.235. The molecule has 0 bridgehead atoms. The first-order chi connectivity index (χ1) is 10.6. The van der Waals surface area contributed by atoms with Crippen LogP contribution >= 0.6 is 0 Å². The molecule has 0 atom stereocenters. The number of benzene rings is 1. The Morgan fingerprint density at radius 3 is 2.50 bits per heavy atom. The van der Waals surface area contributed by atoms with E-state index in [9.17, 15) is 4.79 Å². The van der Waals surface area contributed by atoms with Gasteiger partial charge in [0.15, 0.2) is 0 Å². The number of rotatable bonds is 3. The molecule has 0 fully saturated rings. The van der Waals surface area contributed by atoms with Crippen molar-refractivity contribution in [3.05, 3.63) is 52.9 Å². The Bertz CT molecular complexity index is 867. The van der Waals surface area contributed by atoms with Crippen LogP contribution in [0.2, 0.25) is 0 Å². The van der Waals surface area contributed by atoms with Crippen molar-refractivity contribution >= 4 is 10.9 Å². The molecule has 0 N–H and O–H groups in total. The summed E-state index contributed by atoms with van der Waals surface area (Å²) in [5.74, 6) is 0.776. The molecule has 0 spiro atoms. The Balaban J connectivity index is 2.32. The number of methoxy groups -OCH3 is 1. The second kappa shape index (κ2) is 5.60. The summed E-state index contributed by atoms with van der Waals surface area (Å²) in [6.07, 6.45) is 1.68. The van der Waals surface area contributed by atoms with Crippen LogP contribution < -0.4 is 10.3 Å². The summed E-state index contributed by atoms with van der Waals surface area (Å²) in [4.78, 5) is 16.8. The van der Waals surface area contributed by atoms with Crippen LogP contribution in [0.5, 0.6) is 5.75 Å². The summed E-state index contributed by atoms with van der Waals surface area (Å²) in [7, 11) is 1.63. The van der Waals surface area contributed by atoms with Gasteiger partial charge in [0.05, 0.1) is 18.5 Å². The summed E-state index contributed by atoms with van der Waals surface area (Å²) in [6.45, 7) is 3.88. The summed E-state index contributed by atoms with van der Waals surface area (Å²) in [5.41, 5.74) is 2.11. The predicted molar refractivity (Wildman–Crippen MR) is 86.2 cm³/mol. The number of hydrogen-bond acceptors (Lipinski definition) is 4. The van der Waals surface area contributed by atoms with Crippen molar-refractivity contribution in [1.82, 2.24) is 14.8 Å². The molecule has 2 aromatic heterocycles. The highest BCUT2D eigenvalue weighted by Crippen LogP contribution is 2.25. The molecule has 0 aliphatic rings. The quantitative estimate of drug-likeness (QED) is 0.745. The van der Waals surface area contributed by atoms with Crippen molar-refractivity contribution in [3.63, 3.8) is 0 Å². The highest BCUT2D eigenvalue weighted by Gasteiger charge is 2.14. The number of fused-ring (bicyclic) bond motifs is 1. The maximum atomic E-state index is 12.5. The van der Waals surface area contributed by atoms with Crippen molar-refractivity contribution in [3.8, 4) is 17.0 Å². The van der Waals surface area contributed by atoms with Gasteiger partial charge in [0.25, 0.3) is 5.56 Å². The van der Waals surface area contributed by atoms with E-state index in [1.165, 1.54) is 4.68 Å². The van der Waals surface area contributed by atoms with E-state index in [0.717, 1.165) is 11.3 Å². The molecular formula is C17H17N3O2. The van der Waals surface area contributed by atoms with E-state index in [4.69, 9.17) is 4.74 Å². The monoisotopic (exact) mass is 295 g/mol. The SMILES string of the molecule is COc1ccc(-c2nn(C(C)C)c(=O)c3cccnc23)cc1. The zero-order valence-electron chi connectivity index (χ0n) is 12.8. The van der Waals surface area contributed by atoms with E-state index in [1.807, 2.05) is 38.1 Å². The van der Waals surface area contributed by atoms with Crippen LogP contribution in [0.4, 0.5) is 0 Å². The lowest BCUT2D eigenvalue weighted by Gasteiger charge is -2.13. The van der Waals surface area contributed by atoms with E-state index in [-0.39, 0.29) is 11.6 Å². The Kier molecular flexibility index (Phi) is 3.63. The lowest BCUT2D eigenvalue weighted by atomic mass is 10.1. The van der Waals surface area contributed by atoms with E-state index in [2.05, 4.69) is 10.1 Å². The minimum absolute atomic E-state index is 0.0193. The van der Waals surface area contributed by atoms with Crippen molar-refractivity contribution in [2.75, 3.05) is 7.11 Å². The van der Waals surface area contributed by atoms with Gasteiger partial charge in [-0.05, 0) is 50.2 Å². The molecule has 0 saturated heterocycles. The van der Waals surface area contributed by atoms with E-state index < -0.39 is 0 Å². The van der Waals surface area contributed by atoms with Gasteiger partial charge in [0.2, 0.25) is 0 Å². The number of nitrogens with zero attached hydrogens (tertiary/aromatic N) is 3. The van der Waals surface area contributed by atoms with Gasteiger partial charge in [-0.25, -0.2) is 4.68 Å². The van der Waals surface area contributed by atoms with Crippen molar-refractivity contribution in [2.45, 2.75) is 19.9 Å². The van der Waals surface area contributed by atoms with Gasteiger partial charge in [-0.1, -0.05) is 0 Å². The standard InChI is InChI=1S/C17H17N3O2/c1-11(2)20-17(21)14-5-4-10-18-16(14)15(19-20)12-6-8-13(22-3)9-7-12/h4-11H,1-3H3. The van der Waals surface area contributed by atoms with Gasteiger partial charge in [-0.2, -0.15) is 5.10 Å². The normalized spacial score (nSPS) is 11.1. The molecule has 5 heteroatoms. The van der Waals surface area contributed by atoms with Crippen LogP contribution in [0, 0.1) is 0 Å². The maximum absolute atomic E-state index is 12.5. The van der Waals surface area contributed by atoms with Crippen LogP contribution in [-0.4, -0.2) is 21.9 Å². The van der Waals surface area contributed by atoms with Gasteiger partial charge in [-0.3, -0.25) is 9.78 Å². The lowest BCUT2D eigenvalue weighted by Crippen LogP contribution is -2.25. The maximum Gasteiger partial charge on any atom is 0.276 e. The largest absolute Gasteiger partial charge is 0.497 e. The first-order valence-corrected chi connectivity index (χ1v) is 7.14. The van der Waals surface area contributed by atoms with E-state index in [1.54, 1.807) is 25.4 Å². The molecule has 0 saturated carbocycles. The zero-order chi connectivity index (χ0) is 15.7. The third kappa shape index (κ3) is 2.35. The number of aromatic nitrogens is 3. The first kappa shape index (κ1) is 14.3. The first-order valence-electron chi connectivity index (χ1n) is 7.14. The smallest absolute Gasteiger partial charge is 0.276 e. The minimum Gasteiger partial charge on any atom is -0.497 e. The average molecular weight is 295 g/mol. The second-order valence-corrected chi connectivity index (χ2v) is 5.32. The van der Waals surface area contributed by atoms with Gasteiger partial charge in [0, 0.05) is 11.8 Å². The molecule has 112 valence electrons. The van der Waals surface area contributed by atoms with Crippen molar-refractivity contribution in [1.29, 1.82) is 0 Å². The predicted octanol–water partition coefficient (Wildman–Crippen LogP) is 3.05. The van der Waals surface area contributed by atoms with Crippen LogP contribution in [0.25, 0.3) is 22.2 Å². The fourth-order valence-corrected chi connectivity index (χ4v) is 2.38. The highest BCUT2D eigenvalue weighted by molar-refractivity contribution is 5.90. The molecule has 0 radical (unpaired) electrons. The van der Waals surface area contributed by atoms with Gasteiger partial charge in [-0.15, -0.1) is 0 Å². The Labute approximate surface area is 128 Å². The van der Waals surface area contributed by atoms with Crippen LogP contribution in [0.15, 0.2) is 47.4 Å². The molecule has 2 heterocycles. The summed E-state index contributed by atoms with van der Waals surface area (Å²) >= 11 is 0. The molecule has 0 aliphatic carbocycles. The van der Waals surface area contributed by atoms with Gasteiger partial charge >= 0.3 is 0 Å². The summed E-state index contributed by atoms with van der Waals surface area (Å²) in [6, 6.07) is 11.1. The third-order valence-electron chi connectivity index (χ3n) is 3.53. The lowest BCUT2D eigenvalue weighted by molar-refractivity contribution is 0.415. The van der Waals surface area contributed by atoms with Gasteiger partial charge in [0.1, 0.15) is 17.0 Å². The van der Waals surface area contributed by atoms with Crippen molar-refractivity contribution in [2.24, 2.45) is 0 Å². The molecule has 0 amide bonds. The van der Waals surface area contributed by atoms with E-state index >= 15 is 0 Å². The number of ether oxygens (including phenoxy) is 1. The van der Waals surface area contributed by atoms with Crippen molar-refractivity contribution < 1.29 is 4.74 Å². The second-order valence-electron chi connectivity index (χ2n) is 5.32. The minimum atomic E-state index is -0.115. The molecule has 5 nitrogen and oxygen atoms in total. The third-order valence-corrected chi connectivity index (χ3v) is 3.53. The molecule has 0 aliphatic heterocycles. The molecule has 3 rings (SSSR count). The molecule has 22 heavy (non-hydrogen) atoms. The van der Waals surface area contributed by atoms with Gasteiger partial charge < -0.3 is 4.74 Å². The summed E-state index contributed by atoms with van der Waals surface area (Å²) < 4.78 is 6.69. The molecule has 3 aromatic rings. The molecule has 1 aromatic carbocycles. The topological polar surface area (TPSA) is 57.0 Å². The number of pyridine rings is 1. The highest BCUT2D eigenvalue weighted by atomic mass is 16.5. The van der Waals surface area contributed by atoms with Crippen LogP contribution in [0.1, 0.15) is 19.9 Å². The number of hydrogen-bond donors (Lipinski definition) is 0. The zero-order valence-corrected chi connectivity index (χ0v) is 12.8. The van der Waals surface area contributed by atoms with Crippen LogP contribution in [0.3, 0.4) is 0 Å².